The monoisotopic (exact) mass is 233 g/mol. The first-order valence-corrected chi connectivity index (χ1v) is 5.83. The van der Waals surface area contributed by atoms with E-state index in [1.165, 1.54) is 4.88 Å². The first-order chi connectivity index (χ1) is 6.56. The molecule has 4 heteroatoms. The third-order valence-electron chi connectivity index (χ3n) is 2.10. The average Bonchev–Trinajstić information content (AvgIpc) is 2.53. The predicted octanol–water partition coefficient (Wildman–Crippen LogP) is 2.26. The lowest BCUT2D eigenvalue weighted by molar-refractivity contribution is 0.287. The second kappa shape index (κ2) is 5.12. The number of thiophene rings is 1. The normalized spacial score (nSPS) is 12.0. The van der Waals surface area contributed by atoms with Crippen molar-refractivity contribution in [1.82, 2.24) is 5.32 Å². The lowest BCUT2D eigenvalue weighted by Gasteiger charge is -2.23. The van der Waals surface area contributed by atoms with Crippen LogP contribution in [0.5, 0.6) is 0 Å². The van der Waals surface area contributed by atoms with Gasteiger partial charge in [-0.15, -0.1) is 11.3 Å². The highest BCUT2D eigenvalue weighted by Crippen LogP contribution is 2.31. The zero-order valence-electron chi connectivity index (χ0n) is 8.51. The molecule has 0 aromatic carbocycles. The summed E-state index contributed by atoms with van der Waals surface area (Å²) >= 11 is 7.50. The Morgan fingerprint density at radius 3 is 2.71 bits per heavy atom. The van der Waals surface area contributed by atoms with Crippen molar-refractivity contribution in [3.63, 3.8) is 0 Å². The summed E-state index contributed by atoms with van der Waals surface area (Å²) in [5.74, 6) is 0. The quantitative estimate of drug-likeness (QED) is 0.765. The molecule has 0 unspecified atom stereocenters. The summed E-state index contributed by atoms with van der Waals surface area (Å²) in [5.41, 5.74) is 0.0764. The van der Waals surface area contributed by atoms with Gasteiger partial charge in [-0.25, -0.2) is 0 Å². The summed E-state index contributed by atoms with van der Waals surface area (Å²) in [4.78, 5) is 1.27. The molecule has 0 fully saturated rings. The SMILES string of the molecule is CC(C)(CNCCO)c1ccc(Cl)s1. The molecule has 80 valence electrons. The van der Waals surface area contributed by atoms with E-state index in [2.05, 4.69) is 25.2 Å². The van der Waals surface area contributed by atoms with Gasteiger partial charge < -0.3 is 10.4 Å². The number of hydrogen-bond donors (Lipinski definition) is 2. The van der Waals surface area contributed by atoms with Crippen molar-refractivity contribution in [2.75, 3.05) is 19.7 Å². The lowest BCUT2D eigenvalue weighted by atomic mass is 9.91. The zero-order chi connectivity index (χ0) is 10.6. The smallest absolute Gasteiger partial charge is 0.0931 e. The van der Waals surface area contributed by atoms with Crippen LogP contribution in [0, 0.1) is 0 Å². The molecule has 0 spiro atoms. The molecule has 2 N–H and O–H groups in total. The Balaban J connectivity index is 2.56. The minimum atomic E-state index is 0.0764. The fraction of sp³-hybridized carbons (Fsp3) is 0.600. The van der Waals surface area contributed by atoms with E-state index in [-0.39, 0.29) is 12.0 Å². The molecule has 0 saturated heterocycles. The van der Waals surface area contributed by atoms with E-state index in [1.54, 1.807) is 11.3 Å². The molecule has 0 aliphatic rings. The van der Waals surface area contributed by atoms with Crippen LogP contribution in [-0.2, 0) is 5.41 Å². The highest BCUT2D eigenvalue weighted by molar-refractivity contribution is 7.16. The van der Waals surface area contributed by atoms with Crippen molar-refractivity contribution >= 4 is 22.9 Å². The number of aliphatic hydroxyl groups is 1. The molecule has 1 rings (SSSR count). The highest BCUT2D eigenvalue weighted by Gasteiger charge is 2.21. The summed E-state index contributed by atoms with van der Waals surface area (Å²) < 4.78 is 0.829. The fourth-order valence-corrected chi connectivity index (χ4v) is 2.39. The summed E-state index contributed by atoms with van der Waals surface area (Å²) in [6.07, 6.45) is 0. The second-order valence-corrected chi connectivity index (χ2v) is 5.60. The van der Waals surface area contributed by atoms with E-state index in [0.29, 0.717) is 6.54 Å². The van der Waals surface area contributed by atoms with Crippen LogP contribution in [0.3, 0.4) is 0 Å². The van der Waals surface area contributed by atoms with Gasteiger partial charge in [0, 0.05) is 23.4 Å². The predicted molar refractivity (Wildman–Crippen MR) is 62.3 cm³/mol. The van der Waals surface area contributed by atoms with Crippen molar-refractivity contribution in [2.24, 2.45) is 0 Å². The Labute approximate surface area is 93.9 Å². The Morgan fingerprint density at radius 1 is 1.50 bits per heavy atom. The third kappa shape index (κ3) is 3.24. The van der Waals surface area contributed by atoms with Crippen molar-refractivity contribution in [2.45, 2.75) is 19.3 Å². The lowest BCUT2D eigenvalue weighted by Crippen LogP contribution is -2.33. The van der Waals surface area contributed by atoms with Crippen molar-refractivity contribution < 1.29 is 5.11 Å². The van der Waals surface area contributed by atoms with E-state index in [9.17, 15) is 0 Å². The van der Waals surface area contributed by atoms with Crippen molar-refractivity contribution in [3.8, 4) is 0 Å². The van der Waals surface area contributed by atoms with Gasteiger partial charge in [-0.1, -0.05) is 25.4 Å². The number of hydrogen-bond acceptors (Lipinski definition) is 3. The van der Waals surface area contributed by atoms with Gasteiger partial charge in [0.25, 0.3) is 0 Å². The Bertz CT molecular complexity index is 285. The van der Waals surface area contributed by atoms with E-state index in [4.69, 9.17) is 16.7 Å². The van der Waals surface area contributed by atoms with Gasteiger partial charge in [-0.3, -0.25) is 0 Å². The standard InChI is InChI=1S/C10H16ClNOS/c1-10(2,7-12-5-6-13)8-3-4-9(11)14-8/h3-4,12-13H,5-7H2,1-2H3. The van der Waals surface area contributed by atoms with E-state index in [0.717, 1.165) is 10.9 Å². The molecule has 0 radical (unpaired) electrons. The van der Waals surface area contributed by atoms with Crippen LogP contribution in [0.15, 0.2) is 12.1 Å². The minimum Gasteiger partial charge on any atom is -0.395 e. The van der Waals surface area contributed by atoms with Gasteiger partial charge in [-0.05, 0) is 12.1 Å². The zero-order valence-corrected chi connectivity index (χ0v) is 10.1. The second-order valence-electron chi connectivity index (χ2n) is 3.89. The maximum atomic E-state index is 8.66. The van der Waals surface area contributed by atoms with Gasteiger partial charge in [0.05, 0.1) is 10.9 Å². The largest absolute Gasteiger partial charge is 0.395 e. The number of nitrogens with one attached hydrogen (secondary N) is 1. The van der Waals surface area contributed by atoms with E-state index in [1.807, 2.05) is 6.07 Å². The molecule has 0 bridgehead atoms. The first-order valence-electron chi connectivity index (χ1n) is 4.63. The number of halogens is 1. The maximum absolute atomic E-state index is 8.66. The first kappa shape index (κ1) is 12.0. The number of rotatable bonds is 5. The van der Waals surface area contributed by atoms with Crippen LogP contribution in [0.25, 0.3) is 0 Å². The molecule has 0 amide bonds. The summed E-state index contributed by atoms with van der Waals surface area (Å²) in [7, 11) is 0. The molecule has 0 saturated carbocycles. The van der Waals surface area contributed by atoms with E-state index < -0.39 is 0 Å². The molecule has 2 nitrogen and oxygen atoms in total. The molecule has 0 aliphatic carbocycles. The number of aliphatic hydroxyl groups excluding tert-OH is 1. The van der Waals surface area contributed by atoms with Crippen LogP contribution < -0.4 is 5.32 Å². The average molecular weight is 234 g/mol. The molecule has 1 aromatic rings. The van der Waals surface area contributed by atoms with Crippen molar-refractivity contribution in [3.05, 3.63) is 21.3 Å². The molecule has 1 heterocycles. The van der Waals surface area contributed by atoms with Crippen LogP contribution in [0.1, 0.15) is 18.7 Å². The van der Waals surface area contributed by atoms with Crippen LogP contribution in [0.4, 0.5) is 0 Å². The van der Waals surface area contributed by atoms with Gasteiger partial charge in [0.2, 0.25) is 0 Å². The van der Waals surface area contributed by atoms with Gasteiger partial charge >= 0.3 is 0 Å². The highest BCUT2D eigenvalue weighted by atomic mass is 35.5. The summed E-state index contributed by atoms with van der Waals surface area (Å²) in [6, 6.07) is 3.99. The molecule has 0 atom stereocenters. The van der Waals surface area contributed by atoms with Gasteiger partial charge in [-0.2, -0.15) is 0 Å². The Hall–Kier alpha value is -0.0900. The maximum Gasteiger partial charge on any atom is 0.0931 e. The van der Waals surface area contributed by atoms with Crippen LogP contribution in [0.2, 0.25) is 4.34 Å². The molecule has 0 aliphatic heterocycles. The van der Waals surface area contributed by atoms with Crippen LogP contribution >= 0.6 is 22.9 Å². The fourth-order valence-electron chi connectivity index (χ4n) is 1.25. The topological polar surface area (TPSA) is 32.3 Å². The summed E-state index contributed by atoms with van der Waals surface area (Å²) in [6.45, 7) is 6.01. The summed E-state index contributed by atoms with van der Waals surface area (Å²) in [5, 5.41) is 11.9. The third-order valence-corrected chi connectivity index (χ3v) is 3.69. The van der Waals surface area contributed by atoms with E-state index >= 15 is 0 Å². The molecular formula is C10H16ClNOS. The Morgan fingerprint density at radius 2 is 2.21 bits per heavy atom. The molecule has 1 aromatic heterocycles. The Kier molecular flexibility index (Phi) is 4.38. The minimum absolute atomic E-state index is 0.0764. The van der Waals surface area contributed by atoms with Crippen LogP contribution in [-0.4, -0.2) is 24.8 Å². The van der Waals surface area contributed by atoms with Gasteiger partial charge in [0.1, 0.15) is 0 Å². The van der Waals surface area contributed by atoms with Gasteiger partial charge in [0.15, 0.2) is 0 Å². The molecular weight excluding hydrogens is 218 g/mol. The van der Waals surface area contributed by atoms with Crippen molar-refractivity contribution in [1.29, 1.82) is 0 Å². The molecule has 14 heavy (non-hydrogen) atoms.